The maximum absolute atomic E-state index is 11.5. The second-order valence-electron chi connectivity index (χ2n) is 4.53. The van der Waals surface area contributed by atoms with Crippen molar-refractivity contribution in [2.75, 3.05) is 33.0 Å². The van der Waals surface area contributed by atoms with Gasteiger partial charge in [-0.25, -0.2) is 0 Å². The smallest absolute Gasteiger partial charge is 0.293 e. The summed E-state index contributed by atoms with van der Waals surface area (Å²) in [5.74, 6) is -0.473. The largest absolute Gasteiger partial charge is 0.379 e. The number of carbonyl (C=O) groups is 2. The molecule has 0 atom stereocenters. The summed E-state index contributed by atoms with van der Waals surface area (Å²) in [5, 5.41) is 16.3. The minimum atomic E-state index is -0.567. The van der Waals surface area contributed by atoms with Gasteiger partial charge in [0.15, 0.2) is 0 Å². The molecular weight excluding hydrogens is 276 g/mol. The van der Waals surface area contributed by atoms with Crippen LogP contribution in [0.5, 0.6) is 0 Å². The van der Waals surface area contributed by atoms with Crippen LogP contribution in [0.25, 0.3) is 0 Å². The van der Waals surface area contributed by atoms with E-state index in [1.54, 1.807) is 14.1 Å². The molecule has 114 valence electrons. The normalized spacial score (nSPS) is 9.86. The number of amides is 2. The third kappa shape index (κ3) is 4.44. The summed E-state index contributed by atoms with van der Waals surface area (Å²) in [6, 6.07) is 4.15. The van der Waals surface area contributed by atoms with Crippen LogP contribution in [-0.4, -0.2) is 49.3 Å². The first-order chi connectivity index (χ1) is 9.86. The van der Waals surface area contributed by atoms with Crippen LogP contribution in [0.2, 0.25) is 0 Å². The van der Waals surface area contributed by atoms with Crippen molar-refractivity contribution >= 4 is 23.2 Å². The van der Waals surface area contributed by atoms with Crippen LogP contribution < -0.4 is 10.6 Å². The molecule has 1 rings (SSSR count). The Morgan fingerprint density at radius 1 is 1.33 bits per heavy atom. The minimum absolute atomic E-state index is 0.0767. The van der Waals surface area contributed by atoms with E-state index in [1.807, 2.05) is 0 Å². The molecule has 8 nitrogen and oxygen atoms in total. The van der Waals surface area contributed by atoms with Crippen LogP contribution in [0.1, 0.15) is 16.8 Å². The van der Waals surface area contributed by atoms with Crippen molar-refractivity contribution in [3.8, 4) is 0 Å². The van der Waals surface area contributed by atoms with Gasteiger partial charge in [-0.05, 0) is 12.1 Å². The number of nitrogens with one attached hydrogen (secondary N) is 2. The molecule has 1 aromatic carbocycles. The van der Waals surface area contributed by atoms with Crippen LogP contribution in [0.15, 0.2) is 18.2 Å². The highest BCUT2D eigenvalue weighted by molar-refractivity contribution is 5.95. The first-order valence-corrected chi connectivity index (χ1v) is 6.31. The van der Waals surface area contributed by atoms with E-state index in [4.69, 9.17) is 0 Å². The lowest BCUT2D eigenvalue weighted by Gasteiger charge is -2.11. The molecule has 0 radical (unpaired) electrons. The standard InChI is InChI=1S/C13H18N4O4/c1-14-13(19)9-4-5-10(11(8-9)17(20)21)15-7-6-12(18)16(2)3/h4-5,8,15H,6-7H2,1-3H3,(H,14,19). The first kappa shape index (κ1) is 16.4. The van der Waals surface area contributed by atoms with Crippen LogP contribution in [0, 0.1) is 10.1 Å². The summed E-state index contributed by atoms with van der Waals surface area (Å²) in [6.45, 7) is 0.275. The summed E-state index contributed by atoms with van der Waals surface area (Å²) < 4.78 is 0. The number of nitro groups is 1. The summed E-state index contributed by atoms with van der Waals surface area (Å²) in [4.78, 5) is 34.8. The summed E-state index contributed by atoms with van der Waals surface area (Å²) >= 11 is 0. The van der Waals surface area contributed by atoms with Gasteiger partial charge in [-0.3, -0.25) is 19.7 Å². The Hall–Kier alpha value is -2.64. The molecule has 0 saturated carbocycles. The van der Waals surface area contributed by atoms with Gasteiger partial charge in [0, 0.05) is 45.7 Å². The predicted octanol–water partition coefficient (Wildman–Crippen LogP) is 0.845. The first-order valence-electron chi connectivity index (χ1n) is 6.31. The van der Waals surface area contributed by atoms with E-state index in [1.165, 1.54) is 30.1 Å². The molecule has 0 aliphatic heterocycles. The van der Waals surface area contributed by atoms with E-state index in [-0.39, 0.29) is 35.8 Å². The Morgan fingerprint density at radius 2 is 2.00 bits per heavy atom. The van der Waals surface area contributed by atoms with Crippen LogP contribution >= 0.6 is 0 Å². The molecular formula is C13H18N4O4. The Kier molecular flexibility index (Phi) is 5.65. The summed E-state index contributed by atoms with van der Waals surface area (Å²) in [5.41, 5.74) is 0.284. The van der Waals surface area contributed by atoms with Crippen LogP contribution in [-0.2, 0) is 4.79 Å². The molecule has 0 unspecified atom stereocenters. The Bertz CT molecular complexity index is 557. The molecule has 21 heavy (non-hydrogen) atoms. The zero-order valence-corrected chi connectivity index (χ0v) is 12.2. The average Bonchev–Trinajstić information content (AvgIpc) is 2.46. The highest BCUT2D eigenvalue weighted by Gasteiger charge is 2.17. The van der Waals surface area contributed by atoms with Gasteiger partial charge >= 0.3 is 0 Å². The lowest BCUT2D eigenvalue weighted by molar-refractivity contribution is -0.384. The maximum Gasteiger partial charge on any atom is 0.293 e. The summed E-state index contributed by atoms with van der Waals surface area (Å²) in [6.07, 6.45) is 0.224. The Morgan fingerprint density at radius 3 is 2.52 bits per heavy atom. The second kappa shape index (κ2) is 7.22. The van der Waals surface area contributed by atoms with Crippen molar-refractivity contribution in [2.24, 2.45) is 0 Å². The third-order valence-corrected chi connectivity index (χ3v) is 2.84. The minimum Gasteiger partial charge on any atom is -0.379 e. The van der Waals surface area contributed by atoms with E-state index in [0.717, 1.165) is 0 Å². The van der Waals surface area contributed by atoms with E-state index in [0.29, 0.717) is 0 Å². The molecule has 0 bridgehead atoms. The summed E-state index contributed by atoms with van der Waals surface area (Å²) in [7, 11) is 4.74. The van der Waals surface area contributed by atoms with E-state index in [9.17, 15) is 19.7 Å². The van der Waals surface area contributed by atoms with Gasteiger partial charge in [-0.15, -0.1) is 0 Å². The highest BCUT2D eigenvalue weighted by Crippen LogP contribution is 2.25. The lowest BCUT2D eigenvalue weighted by atomic mass is 10.1. The molecule has 0 aliphatic rings. The van der Waals surface area contributed by atoms with Crippen molar-refractivity contribution in [1.82, 2.24) is 10.2 Å². The molecule has 0 aromatic heterocycles. The number of carbonyl (C=O) groups excluding carboxylic acids is 2. The zero-order chi connectivity index (χ0) is 16.0. The van der Waals surface area contributed by atoms with Gasteiger partial charge in [-0.1, -0.05) is 0 Å². The molecule has 0 aliphatic carbocycles. The van der Waals surface area contributed by atoms with Crippen molar-refractivity contribution in [2.45, 2.75) is 6.42 Å². The quantitative estimate of drug-likeness (QED) is 0.597. The monoisotopic (exact) mass is 294 g/mol. The molecule has 0 heterocycles. The van der Waals surface area contributed by atoms with Crippen LogP contribution in [0.4, 0.5) is 11.4 Å². The number of benzene rings is 1. The molecule has 0 spiro atoms. The Balaban J connectivity index is 2.85. The number of rotatable bonds is 6. The maximum atomic E-state index is 11.5. The van der Waals surface area contributed by atoms with E-state index in [2.05, 4.69) is 10.6 Å². The lowest BCUT2D eigenvalue weighted by Crippen LogP contribution is -2.24. The van der Waals surface area contributed by atoms with Gasteiger partial charge in [0.1, 0.15) is 5.69 Å². The van der Waals surface area contributed by atoms with Gasteiger partial charge in [0.05, 0.1) is 4.92 Å². The molecule has 2 N–H and O–H groups in total. The molecule has 8 heteroatoms. The van der Waals surface area contributed by atoms with Gasteiger partial charge in [0.25, 0.3) is 11.6 Å². The molecule has 0 fully saturated rings. The molecule has 0 saturated heterocycles. The number of anilines is 1. The molecule has 2 amide bonds. The van der Waals surface area contributed by atoms with Gasteiger partial charge in [-0.2, -0.15) is 0 Å². The van der Waals surface area contributed by atoms with Crippen molar-refractivity contribution in [3.05, 3.63) is 33.9 Å². The fraction of sp³-hybridized carbons (Fsp3) is 0.385. The Labute approximate surface area is 122 Å². The highest BCUT2D eigenvalue weighted by atomic mass is 16.6. The zero-order valence-electron chi connectivity index (χ0n) is 12.2. The third-order valence-electron chi connectivity index (χ3n) is 2.84. The van der Waals surface area contributed by atoms with Crippen molar-refractivity contribution in [3.63, 3.8) is 0 Å². The van der Waals surface area contributed by atoms with E-state index < -0.39 is 10.8 Å². The second-order valence-corrected chi connectivity index (χ2v) is 4.53. The predicted molar refractivity (Wildman–Crippen MR) is 78.3 cm³/mol. The number of hydrogen-bond acceptors (Lipinski definition) is 5. The SMILES string of the molecule is CNC(=O)c1ccc(NCCC(=O)N(C)C)c([N+](=O)[O-])c1. The van der Waals surface area contributed by atoms with Crippen LogP contribution in [0.3, 0.4) is 0 Å². The van der Waals surface area contributed by atoms with Crippen molar-refractivity contribution < 1.29 is 14.5 Å². The van der Waals surface area contributed by atoms with Crippen molar-refractivity contribution in [1.29, 1.82) is 0 Å². The fourth-order valence-corrected chi connectivity index (χ4v) is 1.65. The average molecular weight is 294 g/mol. The fourth-order valence-electron chi connectivity index (χ4n) is 1.65. The number of nitrogens with zero attached hydrogens (tertiary/aromatic N) is 2. The van der Waals surface area contributed by atoms with Gasteiger partial charge < -0.3 is 15.5 Å². The van der Waals surface area contributed by atoms with Gasteiger partial charge in [0.2, 0.25) is 5.91 Å². The topological polar surface area (TPSA) is 105 Å². The number of hydrogen-bond donors (Lipinski definition) is 2. The molecule has 1 aromatic rings. The number of nitro benzene ring substituents is 1. The van der Waals surface area contributed by atoms with E-state index >= 15 is 0 Å².